The molecule has 2 aromatic rings. The number of amides is 1. The summed E-state index contributed by atoms with van der Waals surface area (Å²) < 4.78 is 0. The van der Waals surface area contributed by atoms with Gasteiger partial charge in [0.05, 0.1) is 12.2 Å². The number of carbonyl (C=O) groups excluding carboxylic acids is 1. The summed E-state index contributed by atoms with van der Waals surface area (Å²) in [7, 11) is 0. The molecule has 6 heteroatoms. The predicted octanol–water partition coefficient (Wildman–Crippen LogP) is 3.25. The molecule has 4 rings (SSSR count). The smallest absolute Gasteiger partial charge is 0.254 e. The Hall–Kier alpha value is -2.21. The molecule has 1 saturated carbocycles. The molecular formula is C21H28N4O2. The highest BCUT2D eigenvalue weighted by molar-refractivity contribution is 5.96. The van der Waals surface area contributed by atoms with Crippen molar-refractivity contribution in [1.82, 2.24) is 19.9 Å². The number of hydrogen-bond donors (Lipinski definition) is 1. The van der Waals surface area contributed by atoms with Crippen molar-refractivity contribution in [2.24, 2.45) is 0 Å². The van der Waals surface area contributed by atoms with E-state index in [1.807, 2.05) is 23.1 Å². The molecule has 27 heavy (non-hydrogen) atoms. The lowest BCUT2D eigenvalue weighted by molar-refractivity contribution is 0.0532. The monoisotopic (exact) mass is 368 g/mol. The molecule has 1 aliphatic carbocycles. The summed E-state index contributed by atoms with van der Waals surface area (Å²) in [5, 5.41) is 19.0. The largest absolute Gasteiger partial charge is 0.384 e. The number of likely N-dealkylation sites (tertiary alicyclic amines) is 1. The fraction of sp³-hybridized carbons (Fsp3) is 0.571. The minimum Gasteiger partial charge on any atom is -0.384 e. The molecule has 2 aliphatic rings. The molecular weight excluding hydrogens is 340 g/mol. The molecule has 2 heterocycles. The summed E-state index contributed by atoms with van der Waals surface area (Å²) in [4.78, 5) is 17.0. The van der Waals surface area contributed by atoms with Crippen LogP contribution in [-0.4, -0.2) is 43.5 Å². The molecule has 2 fully saturated rings. The van der Waals surface area contributed by atoms with E-state index in [0.717, 1.165) is 18.4 Å². The Bertz CT molecular complexity index is 835. The number of rotatable bonds is 4. The van der Waals surface area contributed by atoms with E-state index in [4.69, 9.17) is 0 Å². The second kappa shape index (κ2) is 6.75. The quantitative estimate of drug-likeness (QED) is 0.899. The van der Waals surface area contributed by atoms with E-state index >= 15 is 0 Å². The molecule has 0 radical (unpaired) electrons. The van der Waals surface area contributed by atoms with E-state index in [1.165, 1.54) is 18.4 Å². The second-order valence-electron chi connectivity index (χ2n) is 8.51. The first kappa shape index (κ1) is 18.2. The minimum absolute atomic E-state index is 0.0364. The molecule has 144 valence electrons. The van der Waals surface area contributed by atoms with E-state index in [0.29, 0.717) is 18.2 Å². The fourth-order valence-electron chi connectivity index (χ4n) is 3.89. The standard InChI is InChI=1S/C21H28N4O2/c1-14-8-11-16(25-22-12-19(23-25)21(2,3)27)13-24(14)20(26)18-7-5-4-6-17(18)15-9-10-15/h4-7,12,14-16,27H,8-11,13H2,1-3H3/t14-,16-/m1/s1. The van der Waals surface area contributed by atoms with Crippen LogP contribution in [0, 0.1) is 0 Å². The van der Waals surface area contributed by atoms with Crippen LogP contribution >= 0.6 is 0 Å². The first-order chi connectivity index (χ1) is 12.8. The zero-order valence-corrected chi connectivity index (χ0v) is 16.3. The molecule has 1 aliphatic heterocycles. The SMILES string of the molecule is C[C@@H]1CC[C@@H](n2ncc(C(C)(C)O)n2)CN1C(=O)c1ccccc1C1CC1. The fourth-order valence-corrected chi connectivity index (χ4v) is 3.89. The average Bonchev–Trinajstić information content (AvgIpc) is 3.36. The van der Waals surface area contributed by atoms with Crippen LogP contribution in [0.2, 0.25) is 0 Å². The Morgan fingerprint density at radius 3 is 2.59 bits per heavy atom. The molecule has 0 bridgehead atoms. The van der Waals surface area contributed by atoms with Gasteiger partial charge in [-0.15, -0.1) is 0 Å². The molecule has 6 nitrogen and oxygen atoms in total. The van der Waals surface area contributed by atoms with Gasteiger partial charge in [0.1, 0.15) is 11.3 Å². The summed E-state index contributed by atoms with van der Waals surface area (Å²) in [6.07, 6.45) is 5.82. The van der Waals surface area contributed by atoms with Crippen molar-refractivity contribution in [3.8, 4) is 0 Å². The van der Waals surface area contributed by atoms with Gasteiger partial charge in [0.15, 0.2) is 0 Å². The molecule has 1 aromatic carbocycles. The van der Waals surface area contributed by atoms with Gasteiger partial charge in [-0.05, 0) is 64.0 Å². The Morgan fingerprint density at radius 1 is 1.19 bits per heavy atom. The van der Waals surface area contributed by atoms with Crippen LogP contribution in [0.25, 0.3) is 0 Å². The van der Waals surface area contributed by atoms with Crippen LogP contribution in [0.1, 0.15) is 80.0 Å². The van der Waals surface area contributed by atoms with Crippen LogP contribution in [0.3, 0.4) is 0 Å². The molecule has 1 aromatic heterocycles. The maximum absolute atomic E-state index is 13.3. The Kier molecular flexibility index (Phi) is 4.54. The lowest BCUT2D eigenvalue weighted by atomic mass is 9.96. The lowest BCUT2D eigenvalue weighted by Gasteiger charge is -2.38. The lowest BCUT2D eigenvalue weighted by Crippen LogP contribution is -2.46. The van der Waals surface area contributed by atoms with E-state index in [1.54, 1.807) is 24.8 Å². The zero-order chi connectivity index (χ0) is 19.2. The molecule has 0 spiro atoms. The maximum Gasteiger partial charge on any atom is 0.254 e. The van der Waals surface area contributed by atoms with Gasteiger partial charge in [-0.1, -0.05) is 18.2 Å². The first-order valence-corrected chi connectivity index (χ1v) is 9.89. The predicted molar refractivity (Wildman–Crippen MR) is 102 cm³/mol. The summed E-state index contributed by atoms with van der Waals surface area (Å²) in [5.74, 6) is 0.660. The van der Waals surface area contributed by atoms with Crippen molar-refractivity contribution in [2.45, 2.75) is 70.1 Å². The van der Waals surface area contributed by atoms with Crippen molar-refractivity contribution < 1.29 is 9.90 Å². The number of benzene rings is 1. The van der Waals surface area contributed by atoms with E-state index in [2.05, 4.69) is 23.2 Å². The molecule has 0 unspecified atom stereocenters. The normalized spacial score (nSPS) is 23.5. The highest BCUT2D eigenvalue weighted by Gasteiger charge is 2.35. The van der Waals surface area contributed by atoms with E-state index in [9.17, 15) is 9.90 Å². The van der Waals surface area contributed by atoms with Crippen LogP contribution in [0.15, 0.2) is 30.5 Å². The summed E-state index contributed by atoms with van der Waals surface area (Å²) >= 11 is 0. The van der Waals surface area contributed by atoms with Crippen molar-refractivity contribution >= 4 is 5.91 Å². The number of piperidine rings is 1. The van der Waals surface area contributed by atoms with Crippen LogP contribution < -0.4 is 0 Å². The highest BCUT2D eigenvalue weighted by Crippen LogP contribution is 2.42. The average molecular weight is 368 g/mol. The summed E-state index contributed by atoms with van der Waals surface area (Å²) in [6.45, 7) is 6.12. The van der Waals surface area contributed by atoms with Crippen molar-refractivity contribution in [3.05, 3.63) is 47.3 Å². The Balaban J connectivity index is 1.56. The Labute approximate surface area is 160 Å². The highest BCUT2D eigenvalue weighted by atomic mass is 16.3. The van der Waals surface area contributed by atoms with Crippen LogP contribution in [0.5, 0.6) is 0 Å². The summed E-state index contributed by atoms with van der Waals surface area (Å²) in [5.41, 5.74) is 1.58. The van der Waals surface area contributed by atoms with Crippen molar-refractivity contribution in [3.63, 3.8) is 0 Å². The number of aliphatic hydroxyl groups is 1. The second-order valence-corrected chi connectivity index (χ2v) is 8.51. The number of hydrogen-bond acceptors (Lipinski definition) is 4. The van der Waals surface area contributed by atoms with E-state index in [-0.39, 0.29) is 18.0 Å². The topological polar surface area (TPSA) is 71.2 Å². The van der Waals surface area contributed by atoms with E-state index < -0.39 is 5.60 Å². The molecule has 1 saturated heterocycles. The van der Waals surface area contributed by atoms with Crippen molar-refractivity contribution in [2.75, 3.05) is 6.54 Å². The van der Waals surface area contributed by atoms with Gasteiger partial charge < -0.3 is 10.0 Å². The third kappa shape index (κ3) is 3.63. The van der Waals surface area contributed by atoms with Crippen molar-refractivity contribution in [1.29, 1.82) is 0 Å². The van der Waals surface area contributed by atoms with Gasteiger partial charge in [-0.3, -0.25) is 4.79 Å². The zero-order valence-electron chi connectivity index (χ0n) is 16.3. The first-order valence-electron chi connectivity index (χ1n) is 9.89. The van der Waals surface area contributed by atoms with Gasteiger partial charge >= 0.3 is 0 Å². The maximum atomic E-state index is 13.3. The molecule has 1 N–H and O–H groups in total. The molecule has 1 amide bonds. The molecule has 2 atom stereocenters. The third-order valence-corrected chi connectivity index (χ3v) is 5.79. The van der Waals surface area contributed by atoms with Gasteiger partial charge in [0, 0.05) is 18.2 Å². The minimum atomic E-state index is -1.01. The summed E-state index contributed by atoms with van der Waals surface area (Å²) in [6, 6.07) is 8.28. The number of carbonyl (C=O) groups is 1. The van der Waals surface area contributed by atoms with Gasteiger partial charge in [0.2, 0.25) is 0 Å². The number of nitrogens with zero attached hydrogens (tertiary/aromatic N) is 4. The third-order valence-electron chi connectivity index (χ3n) is 5.79. The van der Waals surface area contributed by atoms with Gasteiger partial charge in [-0.2, -0.15) is 15.0 Å². The number of aromatic nitrogens is 3. The van der Waals surface area contributed by atoms with Crippen LogP contribution in [0.4, 0.5) is 0 Å². The van der Waals surface area contributed by atoms with Gasteiger partial charge in [0.25, 0.3) is 5.91 Å². The Morgan fingerprint density at radius 2 is 1.93 bits per heavy atom. The van der Waals surface area contributed by atoms with Crippen LogP contribution in [-0.2, 0) is 5.60 Å². The van der Waals surface area contributed by atoms with Gasteiger partial charge in [-0.25, -0.2) is 0 Å².